The summed E-state index contributed by atoms with van der Waals surface area (Å²) >= 11 is 0. The van der Waals surface area contributed by atoms with Crippen molar-refractivity contribution in [1.82, 2.24) is 0 Å². The highest BCUT2D eigenvalue weighted by Gasteiger charge is 2.17. The molecule has 0 saturated carbocycles. The molecule has 2 nitrogen and oxygen atoms in total. The van der Waals surface area contributed by atoms with Crippen LogP contribution in [0.2, 0.25) is 0 Å². The molecule has 0 aliphatic heterocycles. The van der Waals surface area contributed by atoms with Gasteiger partial charge in [0.15, 0.2) is 11.6 Å². The van der Waals surface area contributed by atoms with Crippen molar-refractivity contribution < 1.29 is 35.8 Å². The van der Waals surface area contributed by atoms with Crippen LogP contribution in [0.5, 0.6) is 11.5 Å². The molecule has 0 aliphatic carbocycles. The van der Waals surface area contributed by atoms with Crippen LogP contribution in [0.25, 0.3) is 33.0 Å². The molecule has 0 bridgehead atoms. The average molecular weight is 462 g/mol. The van der Waals surface area contributed by atoms with Crippen molar-refractivity contribution in [1.29, 1.82) is 0 Å². The average Bonchev–Trinajstić information content (AvgIpc) is 2.75. The Morgan fingerprint density at radius 2 is 1.45 bits per heavy atom. The Bertz CT molecular complexity index is 1310. The molecule has 0 radical (unpaired) electrons. The number of rotatable bonds is 6. The van der Waals surface area contributed by atoms with E-state index in [1.54, 1.807) is 6.92 Å². The van der Waals surface area contributed by atoms with Crippen molar-refractivity contribution >= 4 is 10.8 Å². The lowest BCUT2D eigenvalue weighted by Crippen LogP contribution is -2.03. The number of ether oxygens (including phenoxy) is 2. The summed E-state index contributed by atoms with van der Waals surface area (Å²) in [5.41, 5.74) is 0.0767. The van der Waals surface area contributed by atoms with Gasteiger partial charge in [-0.25, -0.2) is 17.6 Å². The van der Waals surface area contributed by atoms with Gasteiger partial charge in [0.1, 0.15) is 23.2 Å². The van der Waals surface area contributed by atoms with E-state index in [2.05, 4.69) is 4.74 Å². The third-order valence-electron chi connectivity index (χ3n) is 5.03. The van der Waals surface area contributed by atoms with E-state index in [0.717, 1.165) is 24.3 Å². The second-order valence-corrected chi connectivity index (χ2v) is 7.08. The molecule has 4 aromatic rings. The lowest BCUT2D eigenvalue weighted by Gasteiger charge is -2.12. The zero-order chi connectivity index (χ0) is 23.7. The molecule has 0 heterocycles. The lowest BCUT2D eigenvalue weighted by atomic mass is 9.97. The zero-order valence-electron chi connectivity index (χ0n) is 17.1. The van der Waals surface area contributed by atoms with E-state index in [0.29, 0.717) is 10.9 Å². The summed E-state index contributed by atoms with van der Waals surface area (Å²) in [5.74, 6) is -4.07. The third kappa shape index (κ3) is 4.46. The van der Waals surface area contributed by atoms with Gasteiger partial charge < -0.3 is 9.47 Å². The summed E-state index contributed by atoms with van der Waals surface area (Å²) in [5, 5.41) is 0.353. The summed E-state index contributed by atoms with van der Waals surface area (Å²) in [6.07, 6.45) is 0. The van der Waals surface area contributed by atoms with Gasteiger partial charge >= 0.3 is 6.61 Å². The second-order valence-electron chi connectivity index (χ2n) is 7.08. The highest BCUT2D eigenvalue weighted by Crippen LogP contribution is 2.35. The van der Waals surface area contributed by atoms with Crippen molar-refractivity contribution in [3.8, 4) is 33.8 Å². The number of hydrogen-bond acceptors (Lipinski definition) is 2. The largest absolute Gasteiger partial charge is 0.494 e. The number of halogens is 6. The van der Waals surface area contributed by atoms with Gasteiger partial charge in [-0.2, -0.15) is 8.78 Å². The van der Waals surface area contributed by atoms with E-state index in [1.165, 1.54) is 36.4 Å². The Kier molecular flexibility index (Phi) is 6.18. The summed E-state index contributed by atoms with van der Waals surface area (Å²) in [4.78, 5) is 0. The highest BCUT2D eigenvalue weighted by atomic mass is 19.3. The van der Waals surface area contributed by atoms with Gasteiger partial charge in [-0.1, -0.05) is 30.3 Å². The van der Waals surface area contributed by atoms with E-state index >= 15 is 0 Å². The number of fused-ring (bicyclic) bond motifs is 1. The fourth-order valence-corrected chi connectivity index (χ4v) is 3.61. The molecule has 0 aromatic heterocycles. The highest BCUT2D eigenvalue weighted by molar-refractivity contribution is 5.89. The van der Waals surface area contributed by atoms with Crippen LogP contribution in [0.1, 0.15) is 6.92 Å². The molecule has 0 aliphatic rings. The molecule has 0 fully saturated rings. The van der Waals surface area contributed by atoms with Crippen LogP contribution >= 0.6 is 0 Å². The molecule has 0 N–H and O–H groups in total. The van der Waals surface area contributed by atoms with Crippen LogP contribution < -0.4 is 9.47 Å². The molecule has 0 amide bonds. The quantitative estimate of drug-likeness (QED) is 0.273. The number of alkyl halides is 2. The second kappa shape index (κ2) is 9.05. The van der Waals surface area contributed by atoms with Gasteiger partial charge in [0.2, 0.25) is 0 Å². The van der Waals surface area contributed by atoms with Crippen LogP contribution in [0.3, 0.4) is 0 Å². The van der Waals surface area contributed by atoms with Gasteiger partial charge in [0.25, 0.3) is 0 Å². The Morgan fingerprint density at radius 1 is 0.758 bits per heavy atom. The van der Waals surface area contributed by atoms with Crippen molar-refractivity contribution in [2.75, 3.05) is 6.61 Å². The summed E-state index contributed by atoms with van der Waals surface area (Å²) in [6, 6.07) is 12.4. The summed E-state index contributed by atoms with van der Waals surface area (Å²) in [6.45, 7) is -1.26. The smallest absolute Gasteiger partial charge is 0.387 e. The summed E-state index contributed by atoms with van der Waals surface area (Å²) < 4.78 is 92.3. The van der Waals surface area contributed by atoms with Crippen molar-refractivity contribution in [2.24, 2.45) is 0 Å². The first-order chi connectivity index (χ1) is 15.8. The Labute approximate surface area is 185 Å². The van der Waals surface area contributed by atoms with Crippen LogP contribution in [-0.4, -0.2) is 13.2 Å². The third-order valence-corrected chi connectivity index (χ3v) is 5.03. The zero-order valence-corrected chi connectivity index (χ0v) is 17.1. The normalized spacial score (nSPS) is 11.3. The lowest BCUT2D eigenvalue weighted by molar-refractivity contribution is -0.0520. The molecule has 0 atom stereocenters. The fourth-order valence-electron chi connectivity index (χ4n) is 3.61. The van der Waals surface area contributed by atoms with E-state index in [4.69, 9.17) is 4.74 Å². The molecule has 0 saturated heterocycles. The maximum absolute atomic E-state index is 14.9. The van der Waals surface area contributed by atoms with Crippen molar-refractivity contribution in [2.45, 2.75) is 13.5 Å². The molecule has 0 unspecified atom stereocenters. The monoisotopic (exact) mass is 462 g/mol. The molecular weight excluding hydrogens is 446 g/mol. The van der Waals surface area contributed by atoms with E-state index in [9.17, 15) is 26.3 Å². The van der Waals surface area contributed by atoms with Crippen molar-refractivity contribution in [3.05, 3.63) is 83.9 Å². The van der Waals surface area contributed by atoms with E-state index < -0.39 is 41.2 Å². The maximum Gasteiger partial charge on any atom is 0.387 e. The summed E-state index contributed by atoms with van der Waals surface area (Å²) in [7, 11) is 0. The SMILES string of the molecule is CCOc1cc(F)c(-c2ccc(-c3ccc4c(F)c(OC(F)F)ccc4c3)c(F)c2)c(F)c1. The van der Waals surface area contributed by atoms with Crippen LogP contribution in [0.4, 0.5) is 26.3 Å². The van der Waals surface area contributed by atoms with Gasteiger partial charge in [-0.15, -0.1) is 0 Å². The molecule has 8 heteroatoms. The molecule has 4 rings (SSSR count). The predicted molar refractivity (Wildman–Crippen MR) is 112 cm³/mol. The first kappa shape index (κ1) is 22.5. The van der Waals surface area contributed by atoms with Gasteiger partial charge in [0, 0.05) is 23.1 Å². The van der Waals surface area contributed by atoms with Crippen LogP contribution in [0, 0.1) is 23.3 Å². The molecule has 170 valence electrons. The minimum atomic E-state index is -3.17. The minimum Gasteiger partial charge on any atom is -0.494 e. The van der Waals surface area contributed by atoms with Crippen molar-refractivity contribution in [3.63, 3.8) is 0 Å². The first-order valence-corrected chi connectivity index (χ1v) is 9.87. The van der Waals surface area contributed by atoms with Gasteiger partial charge in [0.05, 0.1) is 12.2 Å². The van der Waals surface area contributed by atoms with Gasteiger partial charge in [-0.3, -0.25) is 0 Å². The molecular formula is C25H16F6O2. The maximum atomic E-state index is 14.9. The predicted octanol–water partition coefficient (Wildman–Crippen LogP) is 7.73. The molecule has 33 heavy (non-hydrogen) atoms. The Balaban J connectivity index is 1.71. The standard InChI is InChI=1S/C25H16F6O2/c1-2-32-16-11-20(27)23(21(28)12-16)15-4-6-17(19(26)10-15)13-3-7-18-14(9-13)5-8-22(24(18)29)33-25(30)31/h3-12,25H,2H2,1H3. The minimum absolute atomic E-state index is 0.00470. The Morgan fingerprint density at radius 3 is 2.09 bits per heavy atom. The number of hydrogen-bond donors (Lipinski definition) is 0. The first-order valence-electron chi connectivity index (χ1n) is 9.87. The Hall–Kier alpha value is -3.68. The van der Waals surface area contributed by atoms with E-state index in [-0.39, 0.29) is 28.9 Å². The van der Waals surface area contributed by atoms with E-state index in [1.807, 2.05) is 0 Å². The topological polar surface area (TPSA) is 18.5 Å². The molecule has 4 aromatic carbocycles. The van der Waals surface area contributed by atoms with Crippen LogP contribution in [0.15, 0.2) is 60.7 Å². The molecule has 0 spiro atoms. The fraction of sp³-hybridized carbons (Fsp3) is 0.120. The number of benzene rings is 4. The van der Waals surface area contributed by atoms with Gasteiger partial charge in [-0.05, 0) is 41.6 Å². The van der Waals surface area contributed by atoms with Crippen LogP contribution in [-0.2, 0) is 0 Å².